The van der Waals surface area contributed by atoms with Gasteiger partial charge in [0.2, 0.25) is 11.8 Å². The van der Waals surface area contributed by atoms with E-state index in [1.807, 2.05) is 30.3 Å². The second-order valence-corrected chi connectivity index (χ2v) is 7.70. The normalized spacial score (nSPS) is 19.4. The second kappa shape index (κ2) is 8.54. The van der Waals surface area contributed by atoms with E-state index in [-0.39, 0.29) is 17.7 Å². The van der Waals surface area contributed by atoms with Gasteiger partial charge in [-0.3, -0.25) is 9.59 Å². The number of hydrogen-bond donors (Lipinski definition) is 1. The maximum Gasteiger partial charge on any atom is 0.225 e. The van der Waals surface area contributed by atoms with Gasteiger partial charge in [-0.2, -0.15) is 0 Å². The van der Waals surface area contributed by atoms with Gasteiger partial charge in [0.1, 0.15) is 11.6 Å². The molecule has 0 aliphatic carbocycles. The van der Waals surface area contributed by atoms with E-state index in [2.05, 4.69) is 20.1 Å². The first-order valence-electron chi connectivity index (χ1n) is 10.2. The van der Waals surface area contributed by atoms with Crippen molar-refractivity contribution >= 4 is 11.8 Å². The Morgan fingerprint density at radius 1 is 1.14 bits per heavy atom. The van der Waals surface area contributed by atoms with Crippen LogP contribution < -0.4 is 5.32 Å². The van der Waals surface area contributed by atoms with E-state index >= 15 is 0 Å². The molecule has 0 unspecified atom stereocenters. The fourth-order valence-electron chi connectivity index (χ4n) is 4.08. The summed E-state index contributed by atoms with van der Waals surface area (Å²) in [5.41, 5.74) is 1.09. The summed E-state index contributed by atoms with van der Waals surface area (Å²) in [5.74, 6) is 1.75. The van der Waals surface area contributed by atoms with Gasteiger partial charge in [-0.05, 0) is 18.4 Å². The van der Waals surface area contributed by atoms with Crippen LogP contribution in [0.25, 0.3) is 0 Å². The van der Waals surface area contributed by atoms with Gasteiger partial charge in [-0.15, -0.1) is 10.2 Å². The number of fused-ring (bicyclic) bond motifs is 1. The van der Waals surface area contributed by atoms with Crippen LogP contribution in [0.2, 0.25) is 0 Å². The van der Waals surface area contributed by atoms with Crippen LogP contribution in [0.4, 0.5) is 0 Å². The predicted octanol–water partition coefficient (Wildman–Crippen LogP) is 1.71. The van der Waals surface area contributed by atoms with Crippen LogP contribution in [-0.4, -0.2) is 44.6 Å². The zero-order valence-electron chi connectivity index (χ0n) is 16.1. The summed E-state index contributed by atoms with van der Waals surface area (Å²) in [5, 5.41) is 11.6. The van der Waals surface area contributed by atoms with E-state index < -0.39 is 0 Å². The molecule has 2 aliphatic rings. The molecule has 7 nitrogen and oxygen atoms in total. The molecule has 1 fully saturated rings. The van der Waals surface area contributed by atoms with Gasteiger partial charge in [0, 0.05) is 45.4 Å². The zero-order chi connectivity index (χ0) is 19.3. The first kappa shape index (κ1) is 18.7. The number of carbonyl (C=O) groups excluding carboxylic acids is 2. The van der Waals surface area contributed by atoms with Crippen LogP contribution in [0.3, 0.4) is 0 Å². The molecule has 1 aromatic carbocycles. The van der Waals surface area contributed by atoms with Crippen molar-refractivity contribution < 1.29 is 9.59 Å². The number of likely N-dealkylation sites (tertiary alicyclic amines) is 1. The number of rotatable bonds is 6. The molecule has 2 aliphatic heterocycles. The van der Waals surface area contributed by atoms with Crippen molar-refractivity contribution in [1.82, 2.24) is 25.0 Å². The molecule has 2 amide bonds. The number of aromatic nitrogens is 3. The third-order valence-electron chi connectivity index (χ3n) is 5.64. The fraction of sp³-hybridized carbons (Fsp3) is 0.524. The predicted molar refractivity (Wildman–Crippen MR) is 104 cm³/mol. The smallest absolute Gasteiger partial charge is 0.225 e. The molecule has 7 heteroatoms. The first-order valence-corrected chi connectivity index (χ1v) is 10.2. The zero-order valence-corrected chi connectivity index (χ0v) is 16.1. The van der Waals surface area contributed by atoms with Gasteiger partial charge >= 0.3 is 0 Å². The Bertz CT molecular complexity index is 833. The third-order valence-corrected chi connectivity index (χ3v) is 5.64. The Morgan fingerprint density at radius 2 is 2.00 bits per heavy atom. The van der Waals surface area contributed by atoms with Gasteiger partial charge in [0.25, 0.3) is 0 Å². The second-order valence-electron chi connectivity index (χ2n) is 7.70. The summed E-state index contributed by atoms with van der Waals surface area (Å²) in [4.78, 5) is 26.6. The van der Waals surface area contributed by atoms with Crippen LogP contribution in [0, 0.1) is 5.92 Å². The first-order chi connectivity index (χ1) is 13.7. The molecule has 1 saturated heterocycles. The Balaban J connectivity index is 1.27. The Hall–Kier alpha value is -2.70. The minimum Gasteiger partial charge on any atom is -0.355 e. The van der Waals surface area contributed by atoms with Crippen LogP contribution in [0.15, 0.2) is 30.3 Å². The highest BCUT2D eigenvalue weighted by molar-refractivity contribution is 5.89. The minimum atomic E-state index is -0.272. The highest BCUT2D eigenvalue weighted by Gasteiger charge is 2.34. The van der Waals surface area contributed by atoms with Gasteiger partial charge in [-0.1, -0.05) is 36.8 Å². The van der Waals surface area contributed by atoms with Gasteiger partial charge in [0.05, 0.1) is 5.92 Å². The minimum absolute atomic E-state index is 0.0421. The van der Waals surface area contributed by atoms with Crippen LogP contribution >= 0.6 is 0 Å². The largest absolute Gasteiger partial charge is 0.355 e. The molecular weight excluding hydrogens is 354 g/mol. The number of benzene rings is 1. The highest BCUT2D eigenvalue weighted by Crippen LogP contribution is 2.20. The monoisotopic (exact) mass is 381 g/mol. The van der Waals surface area contributed by atoms with E-state index in [0.29, 0.717) is 32.5 Å². The lowest BCUT2D eigenvalue weighted by atomic mass is 10.1. The topological polar surface area (TPSA) is 80.1 Å². The molecule has 0 radical (unpaired) electrons. The molecule has 0 bridgehead atoms. The molecule has 4 rings (SSSR count). The van der Waals surface area contributed by atoms with E-state index in [1.54, 1.807) is 4.90 Å². The summed E-state index contributed by atoms with van der Waals surface area (Å²) in [6.07, 6.45) is 5.51. The summed E-state index contributed by atoms with van der Waals surface area (Å²) in [6.45, 7) is 2.55. The van der Waals surface area contributed by atoms with Gasteiger partial charge in [0.15, 0.2) is 0 Å². The molecule has 1 aromatic heterocycles. The number of carbonyl (C=O) groups is 2. The van der Waals surface area contributed by atoms with Crippen molar-refractivity contribution in [2.75, 3.05) is 13.1 Å². The third kappa shape index (κ3) is 4.24. The lowest BCUT2D eigenvalue weighted by molar-refractivity contribution is -0.129. The van der Waals surface area contributed by atoms with Crippen molar-refractivity contribution in [1.29, 1.82) is 0 Å². The molecular formula is C21H27N5O2. The summed E-state index contributed by atoms with van der Waals surface area (Å²) < 4.78 is 2.21. The average Bonchev–Trinajstić information content (AvgIpc) is 3.17. The van der Waals surface area contributed by atoms with Crippen molar-refractivity contribution in [3.8, 4) is 0 Å². The van der Waals surface area contributed by atoms with Crippen molar-refractivity contribution in [2.24, 2.45) is 5.92 Å². The molecule has 1 N–H and O–H groups in total. The number of nitrogens with one attached hydrogen (secondary N) is 1. The molecule has 148 valence electrons. The molecule has 0 spiro atoms. The van der Waals surface area contributed by atoms with E-state index in [0.717, 1.165) is 36.6 Å². The highest BCUT2D eigenvalue weighted by atomic mass is 16.2. The number of aryl methyl sites for hydroxylation is 1. The van der Waals surface area contributed by atoms with E-state index in [1.165, 1.54) is 12.8 Å². The van der Waals surface area contributed by atoms with E-state index in [9.17, 15) is 9.59 Å². The Labute approximate surface area is 165 Å². The maximum absolute atomic E-state index is 12.5. The molecule has 28 heavy (non-hydrogen) atoms. The summed E-state index contributed by atoms with van der Waals surface area (Å²) in [6, 6.07) is 9.89. The molecule has 0 saturated carbocycles. The number of nitrogens with zero attached hydrogens (tertiary/aromatic N) is 4. The van der Waals surface area contributed by atoms with E-state index in [4.69, 9.17) is 0 Å². The lowest BCUT2D eigenvalue weighted by Gasteiger charge is -2.16. The maximum atomic E-state index is 12.5. The van der Waals surface area contributed by atoms with Crippen molar-refractivity contribution in [3.63, 3.8) is 0 Å². The fourth-order valence-corrected chi connectivity index (χ4v) is 4.08. The number of hydrogen-bond acceptors (Lipinski definition) is 4. The quantitative estimate of drug-likeness (QED) is 0.826. The summed E-state index contributed by atoms with van der Waals surface area (Å²) in [7, 11) is 0. The molecule has 1 atom stereocenters. The van der Waals surface area contributed by atoms with Gasteiger partial charge < -0.3 is 14.8 Å². The van der Waals surface area contributed by atoms with Crippen molar-refractivity contribution in [3.05, 3.63) is 47.5 Å². The average molecular weight is 381 g/mol. The van der Waals surface area contributed by atoms with Gasteiger partial charge in [-0.25, -0.2) is 0 Å². The van der Waals surface area contributed by atoms with Crippen molar-refractivity contribution in [2.45, 2.75) is 51.6 Å². The standard InChI is InChI=1S/C21H27N5O2/c27-20-13-17(15-25(20)14-16-7-3-1-4-8-16)21(28)22-11-10-19-24-23-18-9-5-2-6-12-26(18)19/h1,3-4,7-8,17H,2,5-6,9-15H2,(H,22,28)/t17-/m0/s1. The Morgan fingerprint density at radius 3 is 2.86 bits per heavy atom. The molecule has 3 heterocycles. The summed E-state index contributed by atoms with van der Waals surface area (Å²) >= 11 is 0. The van der Waals surface area contributed by atoms with Crippen LogP contribution in [0.5, 0.6) is 0 Å². The SMILES string of the molecule is O=C(NCCc1nnc2n1CCCCC2)[C@H]1CC(=O)N(Cc2ccccc2)C1. The Kier molecular flexibility index (Phi) is 5.69. The van der Waals surface area contributed by atoms with Crippen LogP contribution in [0.1, 0.15) is 42.9 Å². The van der Waals surface area contributed by atoms with Crippen LogP contribution in [-0.2, 0) is 35.5 Å². The number of amides is 2. The molecule has 2 aromatic rings. The lowest BCUT2D eigenvalue weighted by Crippen LogP contribution is -2.34.